The van der Waals surface area contributed by atoms with Gasteiger partial charge in [0.25, 0.3) is 5.91 Å². The van der Waals surface area contributed by atoms with Crippen molar-refractivity contribution in [2.45, 2.75) is 55.8 Å². The minimum Gasteiger partial charge on any atom is -0.612 e. The molecule has 2 aliphatic heterocycles. The van der Waals surface area contributed by atoms with Crippen molar-refractivity contribution in [3.63, 3.8) is 0 Å². The molecule has 2 aliphatic rings. The quantitative estimate of drug-likeness (QED) is 0.298. The van der Waals surface area contributed by atoms with Crippen molar-refractivity contribution in [2.24, 2.45) is 0 Å². The summed E-state index contributed by atoms with van der Waals surface area (Å²) in [4.78, 5) is 22.1. The first-order valence-corrected chi connectivity index (χ1v) is 16.7. The number of benzene rings is 2. The standard InChI is InChI=1S/C33H42N4O5S/c1-43(40)31-20-29(11-12-30(31)42-23-25-8-4-2-5-9-25)41-24-28(38)22-34-27-14-18-36(19-15-27)32-13-10-26(21-35-32)33(39)37-16-6-3-7-17-37/h2,4-5,8-13,20-21,27-28,34,38H,3,6-7,14-19,22-24H2,1H3. The molecule has 2 fully saturated rings. The Hall–Kier alpha value is -3.31. The Morgan fingerprint density at radius 1 is 1.05 bits per heavy atom. The number of nitrogens with one attached hydrogen (secondary N) is 1. The van der Waals surface area contributed by atoms with Crippen molar-refractivity contribution in [2.75, 3.05) is 50.5 Å². The minimum absolute atomic E-state index is 0.0786. The summed E-state index contributed by atoms with van der Waals surface area (Å²) in [6.07, 6.45) is 7.84. The van der Waals surface area contributed by atoms with Crippen molar-refractivity contribution in [1.29, 1.82) is 0 Å². The summed E-state index contributed by atoms with van der Waals surface area (Å²) >= 11 is -1.26. The average Bonchev–Trinajstić information content (AvgIpc) is 3.06. The molecule has 0 saturated carbocycles. The van der Waals surface area contributed by atoms with E-state index in [1.54, 1.807) is 30.7 Å². The van der Waals surface area contributed by atoms with Crippen molar-refractivity contribution < 1.29 is 23.9 Å². The molecule has 2 saturated heterocycles. The summed E-state index contributed by atoms with van der Waals surface area (Å²) in [6, 6.07) is 19.2. The zero-order chi connectivity index (χ0) is 30.0. The van der Waals surface area contributed by atoms with Gasteiger partial charge in [-0.25, -0.2) is 4.98 Å². The van der Waals surface area contributed by atoms with Gasteiger partial charge >= 0.3 is 0 Å². The van der Waals surface area contributed by atoms with Crippen molar-refractivity contribution in [3.05, 3.63) is 78.0 Å². The van der Waals surface area contributed by atoms with Crippen molar-refractivity contribution in [1.82, 2.24) is 15.2 Å². The van der Waals surface area contributed by atoms with Crippen LogP contribution >= 0.6 is 0 Å². The van der Waals surface area contributed by atoms with E-state index in [1.807, 2.05) is 47.4 Å². The van der Waals surface area contributed by atoms with Crippen LogP contribution in [0.25, 0.3) is 0 Å². The number of nitrogens with zero attached hydrogens (tertiary/aromatic N) is 3. The van der Waals surface area contributed by atoms with Gasteiger partial charge in [-0.15, -0.1) is 0 Å². The molecular weight excluding hydrogens is 564 g/mol. The number of carbonyl (C=O) groups excluding carboxylic acids is 1. The average molecular weight is 607 g/mol. The van der Waals surface area contributed by atoms with Gasteiger partial charge in [-0.05, 0) is 73.1 Å². The van der Waals surface area contributed by atoms with Gasteiger partial charge in [0.15, 0.2) is 10.6 Å². The maximum Gasteiger partial charge on any atom is 0.255 e. The molecule has 5 rings (SSSR count). The van der Waals surface area contributed by atoms with Crippen LogP contribution in [-0.2, 0) is 17.8 Å². The number of pyridine rings is 1. The SMILES string of the molecule is C[S+]([O-])c1cc(OCC(O)CNC2CCN(c3ccc(C(=O)N4CCCCC4)cn3)CC2)ccc1OCc1ccccc1. The predicted octanol–water partition coefficient (Wildman–Crippen LogP) is 4.02. The Bertz CT molecular complexity index is 1300. The van der Waals surface area contributed by atoms with Crippen LogP contribution in [0.1, 0.15) is 48.0 Å². The van der Waals surface area contributed by atoms with Gasteiger partial charge in [0.05, 0.1) is 5.56 Å². The van der Waals surface area contributed by atoms with Gasteiger partial charge in [0.2, 0.25) is 0 Å². The largest absolute Gasteiger partial charge is 0.612 e. The van der Waals surface area contributed by atoms with Crippen LogP contribution in [0.3, 0.4) is 0 Å². The third-order valence-electron chi connectivity index (χ3n) is 8.00. The van der Waals surface area contributed by atoms with Crippen LogP contribution in [-0.4, -0.2) is 83.2 Å². The van der Waals surface area contributed by atoms with E-state index in [0.29, 0.717) is 41.2 Å². The highest BCUT2D eigenvalue weighted by atomic mass is 32.2. The zero-order valence-corrected chi connectivity index (χ0v) is 25.6. The number of aliphatic hydroxyl groups excluding tert-OH is 1. The van der Waals surface area contributed by atoms with Gasteiger partial charge in [0.1, 0.15) is 37.1 Å². The van der Waals surface area contributed by atoms with E-state index in [2.05, 4.69) is 15.2 Å². The molecule has 0 spiro atoms. The van der Waals surface area contributed by atoms with Gasteiger partial charge in [-0.3, -0.25) is 4.79 Å². The number of hydrogen-bond acceptors (Lipinski definition) is 8. The fourth-order valence-corrected chi connectivity index (χ4v) is 6.20. The van der Waals surface area contributed by atoms with Crippen LogP contribution < -0.4 is 19.7 Å². The van der Waals surface area contributed by atoms with Gasteiger partial charge in [-0.2, -0.15) is 0 Å². The van der Waals surface area contributed by atoms with E-state index < -0.39 is 17.3 Å². The molecule has 0 radical (unpaired) electrons. The summed E-state index contributed by atoms with van der Waals surface area (Å²) in [5, 5.41) is 14.0. The van der Waals surface area contributed by atoms with Crippen LogP contribution in [0, 0.1) is 0 Å². The normalized spacial score (nSPS) is 17.4. The second-order valence-corrected chi connectivity index (χ2v) is 12.6. The van der Waals surface area contributed by atoms with Crippen molar-refractivity contribution in [3.8, 4) is 11.5 Å². The smallest absolute Gasteiger partial charge is 0.255 e. The Labute approximate surface area is 257 Å². The lowest BCUT2D eigenvalue weighted by Crippen LogP contribution is -2.45. The van der Waals surface area contributed by atoms with E-state index in [-0.39, 0.29) is 12.5 Å². The predicted molar refractivity (Wildman–Crippen MR) is 168 cm³/mol. The number of piperidine rings is 2. The van der Waals surface area contributed by atoms with E-state index in [9.17, 15) is 14.5 Å². The maximum absolute atomic E-state index is 12.7. The highest BCUT2D eigenvalue weighted by molar-refractivity contribution is 7.90. The van der Waals surface area contributed by atoms with E-state index in [4.69, 9.17) is 9.47 Å². The Morgan fingerprint density at radius 2 is 1.81 bits per heavy atom. The molecular formula is C33H42N4O5S. The molecule has 2 unspecified atom stereocenters. The molecule has 10 heteroatoms. The third kappa shape index (κ3) is 8.86. The number of rotatable bonds is 12. The lowest BCUT2D eigenvalue weighted by atomic mass is 10.0. The molecule has 1 amide bonds. The molecule has 0 aliphatic carbocycles. The number of aromatic nitrogens is 1. The van der Waals surface area contributed by atoms with E-state index in [0.717, 1.165) is 63.2 Å². The number of carbonyl (C=O) groups is 1. The first-order valence-electron chi connectivity index (χ1n) is 15.1. The van der Waals surface area contributed by atoms with Crippen LogP contribution in [0.4, 0.5) is 5.82 Å². The van der Waals surface area contributed by atoms with Gasteiger partial charge in [0, 0.05) is 51.0 Å². The molecule has 3 heterocycles. The highest BCUT2D eigenvalue weighted by Crippen LogP contribution is 2.29. The second kappa shape index (κ2) is 15.4. The number of amides is 1. The fraction of sp³-hybridized carbons (Fsp3) is 0.455. The second-order valence-electron chi connectivity index (χ2n) is 11.2. The Kier molecular flexibility index (Phi) is 11.2. The topological polar surface area (TPSA) is 110 Å². The molecule has 9 nitrogen and oxygen atoms in total. The number of ether oxygens (including phenoxy) is 2. The van der Waals surface area contributed by atoms with Gasteiger partial charge in [-0.1, -0.05) is 30.3 Å². The number of hydrogen-bond donors (Lipinski definition) is 2. The van der Waals surface area contributed by atoms with Crippen molar-refractivity contribution >= 4 is 22.9 Å². The summed E-state index contributed by atoms with van der Waals surface area (Å²) in [5.74, 6) is 2.07. The summed E-state index contributed by atoms with van der Waals surface area (Å²) in [7, 11) is 0. The molecule has 2 aromatic carbocycles. The number of aliphatic hydroxyl groups is 1. The van der Waals surface area contributed by atoms with Crippen LogP contribution in [0.5, 0.6) is 11.5 Å². The molecule has 1 aromatic heterocycles. The molecule has 43 heavy (non-hydrogen) atoms. The summed E-state index contributed by atoms with van der Waals surface area (Å²) in [5.41, 5.74) is 1.69. The third-order valence-corrected chi connectivity index (χ3v) is 8.94. The minimum atomic E-state index is -1.26. The first-order chi connectivity index (χ1) is 21.0. The summed E-state index contributed by atoms with van der Waals surface area (Å²) < 4.78 is 24.1. The van der Waals surface area contributed by atoms with Gasteiger partial charge < -0.3 is 34.2 Å². The summed E-state index contributed by atoms with van der Waals surface area (Å²) in [6.45, 7) is 4.30. The number of anilines is 1. The molecule has 230 valence electrons. The molecule has 0 bridgehead atoms. The zero-order valence-electron chi connectivity index (χ0n) is 24.8. The number of likely N-dealkylation sites (tertiary alicyclic amines) is 1. The van der Waals surface area contributed by atoms with Crippen LogP contribution in [0.2, 0.25) is 0 Å². The molecule has 3 aromatic rings. The Morgan fingerprint density at radius 3 is 2.51 bits per heavy atom. The van der Waals surface area contributed by atoms with Crippen LogP contribution in [0.15, 0.2) is 71.8 Å². The monoisotopic (exact) mass is 606 g/mol. The first kappa shape index (κ1) is 31.1. The Balaban J connectivity index is 1.03. The fourth-order valence-electron chi connectivity index (χ4n) is 5.50. The maximum atomic E-state index is 12.7. The van der Waals surface area contributed by atoms with E-state index in [1.165, 1.54) is 6.42 Å². The highest BCUT2D eigenvalue weighted by Gasteiger charge is 2.23. The lowest BCUT2D eigenvalue weighted by Gasteiger charge is -2.33. The molecule has 2 N–H and O–H groups in total. The van der Waals surface area contributed by atoms with E-state index >= 15 is 0 Å². The lowest BCUT2D eigenvalue weighted by molar-refractivity contribution is 0.0724. The molecule has 2 atom stereocenters.